The molecule has 0 aliphatic carbocycles. The van der Waals surface area contributed by atoms with Gasteiger partial charge in [0.2, 0.25) is 0 Å². The lowest BCUT2D eigenvalue weighted by molar-refractivity contribution is 0.101. The summed E-state index contributed by atoms with van der Waals surface area (Å²) >= 11 is 0. The molecule has 5 heteroatoms. The van der Waals surface area contributed by atoms with E-state index < -0.39 is 0 Å². The molecule has 27 heavy (non-hydrogen) atoms. The number of anilines is 1. The van der Waals surface area contributed by atoms with Crippen LogP contribution >= 0.6 is 0 Å². The number of amides is 2. The zero-order valence-electron chi connectivity index (χ0n) is 16.3. The van der Waals surface area contributed by atoms with Crippen LogP contribution in [0.2, 0.25) is 0 Å². The third-order valence-electron chi connectivity index (χ3n) is 5.20. The highest BCUT2D eigenvalue weighted by Crippen LogP contribution is 2.29. The van der Waals surface area contributed by atoms with Crippen molar-refractivity contribution in [1.82, 2.24) is 4.90 Å². The van der Waals surface area contributed by atoms with Gasteiger partial charge in [0.05, 0.1) is 7.11 Å². The fourth-order valence-electron chi connectivity index (χ4n) is 3.89. The topological polar surface area (TPSA) is 58.6 Å². The van der Waals surface area contributed by atoms with Crippen LogP contribution < -0.4 is 10.1 Å². The van der Waals surface area contributed by atoms with Crippen LogP contribution in [0.15, 0.2) is 36.4 Å². The Bertz CT molecular complexity index is 835. The number of benzene rings is 2. The smallest absolute Gasteiger partial charge is 0.321 e. The van der Waals surface area contributed by atoms with Crippen molar-refractivity contribution in [3.05, 3.63) is 58.7 Å². The standard InChI is InChI=1S/C22H26N2O3/c1-14-11-19(12-15(2)21(14)16(3)25)23-22(26)24-10-9-18(13-24)17-5-7-20(27-4)8-6-17/h5-8,11-12,18H,9-10,13H2,1-4H3,(H,23,26). The summed E-state index contributed by atoms with van der Waals surface area (Å²) in [4.78, 5) is 26.2. The Kier molecular flexibility index (Phi) is 5.49. The lowest BCUT2D eigenvalue weighted by Crippen LogP contribution is -2.32. The van der Waals surface area contributed by atoms with Gasteiger partial charge in [0.25, 0.3) is 0 Å². The van der Waals surface area contributed by atoms with E-state index in [1.807, 2.05) is 43.0 Å². The number of Topliss-reactive ketones (excluding diaryl/α,β-unsaturated/α-hetero) is 1. The van der Waals surface area contributed by atoms with Gasteiger partial charge in [0, 0.05) is 30.3 Å². The van der Waals surface area contributed by atoms with Crippen molar-refractivity contribution >= 4 is 17.5 Å². The molecule has 0 saturated carbocycles. The first-order valence-electron chi connectivity index (χ1n) is 9.21. The third-order valence-corrected chi connectivity index (χ3v) is 5.20. The van der Waals surface area contributed by atoms with Crippen molar-refractivity contribution in [3.63, 3.8) is 0 Å². The van der Waals surface area contributed by atoms with Gasteiger partial charge in [-0.05, 0) is 68.1 Å². The molecular weight excluding hydrogens is 340 g/mol. The first-order chi connectivity index (χ1) is 12.9. The molecule has 5 nitrogen and oxygen atoms in total. The molecule has 1 heterocycles. The predicted molar refractivity (Wildman–Crippen MR) is 107 cm³/mol. The second-order valence-electron chi connectivity index (χ2n) is 7.18. The Morgan fingerprint density at radius 2 is 1.74 bits per heavy atom. The normalized spacial score (nSPS) is 16.3. The maximum atomic E-state index is 12.7. The summed E-state index contributed by atoms with van der Waals surface area (Å²) in [6, 6.07) is 11.7. The molecule has 0 aromatic heterocycles. The minimum atomic E-state index is -0.0969. The monoisotopic (exact) mass is 366 g/mol. The van der Waals surface area contributed by atoms with Gasteiger partial charge in [-0.1, -0.05) is 12.1 Å². The Balaban J connectivity index is 1.66. The molecule has 1 N–H and O–H groups in total. The average molecular weight is 366 g/mol. The van der Waals surface area contributed by atoms with E-state index in [1.54, 1.807) is 14.0 Å². The fraction of sp³-hybridized carbons (Fsp3) is 0.364. The highest BCUT2D eigenvalue weighted by atomic mass is 16.5. The summed E-state index contributed by atoms with van der Waals surface area (Å²) in [5.41, 5.74) is 4.45. The highest BCUT2D eigenvalue weighted by Gasteiger charge is 2.27. The maximum Gasteiger partial charge on any atom is 0.321 e. The van der Waals surface area contributed by atoms with Crippen molar-refractivity contribution < 1.29 is 14.3 Å². The Labute approximate surface area is 160 Å². The molecule has 142 valence electrons. The molecular formula is C22H26N2O3. The minimum absolute atomic E-state index is 0.0461. The second kappa shape index (κ2) is 7.82. The van der Waals surface area contributed by atoms with E-state index >= 15 is 0 Å². The summed E-state index contributed by atoms with van der Waals surface area (Å²) in [5.74, 6) is 1.22. The lowest BCUT2D eigenvalue weighted by Gasteiger charge is -2.19. The fourth-order valence-corrected chi connectivity index (χ4v) is 3.89. The number of ether oxygens (including phenoxy) is 1. The summed E-state index contributed by atoms with van der Waals surface area (Å²) in [5, 5.41) is 2.98. The largest absolute Gasteiger partial charge is 0.497 e. The molecule has 1 aliphatic rings. The summed E-state index contributed by atoms with van der Waals surface area (Å²) < 4.78 is 5.20. The van der Waals surface area contributed by atoms with Crippen LogP contribution in [0, 0.1) is 13.8 Å². The number of urea groups is 1. The van der Waals surface area contributed by atoms with E-state index in [9.17, 15) is 9.59 Å². The summed E-state index contributed by atoms with van der Waals surface area (Å²) in [7, 11) is 1.66. The van der Waals surface area contributed by atoms with E-state index in [1.165, 1.54) is 5.56 Å². The molecule has 1 fully saturated rings. The molecule has 1 unspecified atom stereocenters. The molecule has 2 aromatic rings. The number of ketones is 1. The highest BCUT2D eigenvalue weighted by molar-refractivity contribution is 5.98. The van der Waals surface area contributed by atoms with Gasteiger partial charge >= 0.3 is 6.03 Å². The van der Waals surface area contributed by atoms with Crippen molar-refractivity contribution in [2.75, 3.05) is 25.5 Å². The summed E-state index contributed by atoms with van der Waals surface area (Å²) in [6.07, 6.45) is 0.946. The molecule has 1 atom stereocenters. The number of nitrogens with one attached hydrogen (secondary N) is 1. The van der Waals surface area contributed by atoms with E-state index in [0.29, 0.717) is 12.5 Å². The lowest BCUT2D eigenvalue weighted by atomic mass is 9.98. The number of methoxy groups -OCH3 is 1. The molecule has 0 bridgehead atoms. The van der Waals surface area contributed by atoms with Gasteiger partial charge in [-0.25, -0.2) is 4.79 Å². The van der Waals surface area contributed by atoms with E-state index in [4.69, 9.17) is 4.74 Å². The van der Waals surface area contributed by atoms with Crippen LogP contribution in [0.25, 0.3) is 0 Å². The number of rotatable bonds is 4. The van der Waals surface area contributed by atoms with Crippen molar-refractivity contribution in [3.8, 4) is 5.75 Å². The molecule has 3 rings (SSSR count). The molecule has 2 amide bonds. The number of carbonyl (C=O) groups excluding carboxylic acids is 2. The van der Waals surface area contributed by atoms with E-state index in [0.717, 1.165) is 41.1 Å². The quantitative estimate of drug-likeness (QED) is 0.809. The van der Waals surface area contributed by atoms with Gasteiger partial charge in [-0.2, -0.15) is 0 Å². The molecule has 1 saturated heterocycles. The Hall–Kier alpha value is -2.82. The minimum Gasteiger partial charge on any atom is -0.497 e. The first-order valence-corrected chi connectivity index (χ1v) is 9.21. The van der Waals surface area contributed by atoms with Gasteiger partial charge in [-0.15, -0.1) is 0 Å². The van der Waals surface area contributed by atoms with Gasteiger partial charge in [-0.3, -0.25) is 4.79 Å². The molecule has 0 radical (unpaired) electrons. The number of aryl methyl sites for hydroxylation is 2. The van der Waals surface area contributed by atoms with Gasteiger partial charge in [0.1, 0.15) is 5.75 Å². The van der Waals surface area contributed by atoms with E-state index in [-0.39, 0.29) is 11.8 Å². The number of hydrogen-bond donors (Lipinski definition) is 1. The first kappa shape index (κ1) is 19.0. The number of nitrogens with zero attached hydrogens (tertiary/aromatic N) is 1. The maximum absolute atomic E-state index is 12.7. The Morgan fingerprint density at radius 1 is 1.11 bits per heavy atom. The van der Waals surface area contributed by atoms with E-state index in [2.05, 4.69) is 17.4 Å². The van der Waals surface area contributed by atoms with Gasteiger partial charge < -0.3 is 15.0 Å². The number of hydrogen-bond acceptors (Lipinski definition) is 3. The molecule has 1 aliphatic heterocycles. The van der Waals surface area contributed by atoms with Crippen LogP contribution in [0.5, 0.6) is 5.75 Å². The van der Waals surface area contributed by atoms with Crippen LogP contribution in [0.1, 0.15) is 46.3 Å². The molecule has 2 aromatic carbocycles. The zero-order valence-corrected chi connectivity index (χ0v) is 16.3. The van der Waals surface area contributed by atoms with Crippen LogP contribution in [0.4, 0.5) is 10.5 Å². The SMILES string of the molecule is COc1ccc(C2CCN(C(=O)Nc3cc(C)c(C(C)=O)c(C)c3)C2)cc1. The number of carbonyl (C=O) groups is 2. The van der Waals surface area contributed by atoms with Gasteiger partial charge in [0.15, 0.2) is 5.78 Å². The van der Waals surface area contributed by atoms with Crippen LogP contribution in [0.3, 0.4) is 0 Å². The number of likely N-dealkylation sites (tertiary alicyclic amines) is 1. The Morgan fingerprint density at radius 3 is 2.30 bits per heavy atom. The third kappa shape index (κ3) is 4.13. The summed E-state index contributed by atoms with van der Waals surface area (Å²) in [6.45, 7) is 6.79. The van der Waals surface area contributed by atoms with Crippen molar-refractivity contribution in [1.29, 1.82) is 0 Å². The van der Waals surface area contributed by atoms with Crippen molar-refractivity contribution in [2.45, 2.75) is 33.1 Å². The molecule has 0 spiro atoms. The average Bonchev–Trinajstić information content (AvgIpc) is 3.11. The zero-order chi connectivity index (χ0) is 19.6. The van der Waals surface area contributed by atoms with Crippen LogP contribution in [-0.2, 0) is 0 Å². The second-order valence-corrected chi connectivity index (χ2v) is 7.18. The van der Waals surface area contributed by atoms with Crippen molar-refractivity contribution in [2.24, 2.45) is 0 Å². The predicted octanol–water partition coefficient (Wildman–Crippen LogP) is 4.54. The van der Waals surface area contributed by atoms with Crippen LogP contribution in [-0.4, -0.2) is 36.9 Å².